The molecular formula is C19H27F2N3O2. The van der Waals surface area contributed by atoms with Crippen molar-refractivity contribution in [3.8, 4) is 0 Å². The zero-order valence-electron chi connectivity index (χ0n) is 15.8. The number of carbonyl (C=O) groups excluding carboxylic acids is 2. The number of halogens is 2. The molecule has 1 aliphatic rings. The van der Waals surface area contributed by atoms with E-state index in [4.69, 9.17) is 0 Å². The quantitative estimate of drug-likeness (QED) is 0.741. The molecule has 1 aliphatic heterocycles. The maximum absolute atomic E-state index is 13.5. The Morgan fingerprint density at radius 2 is 1.92 bits per heavy atom. The van der Waals surface area contributed by atoms with E-state index >= 15 is 0 Å². The van der Waals surface area contributed by atoms with Gasteiger partial charge >= 0.3 is 0 Å². The molecular weight excluding hydrogens is 340 g/mol. The van der Waals surface area contributed by atoms with Crippen LogP contribution in [0, 0.1) is 17.6 Å². The van der Waals surface area contributed by atoms with Gasteiger partial charge in [-0.25, -0.2) is 8.78 Å². The number of rotatable bonds is 7. The SMILES string of the molecule is CC(C)N1CC(C(=O)N(CCN(C)C)Cc2ccc(F)c(F)c2)CC1=O. The second kappa shape index (κ2) is 8.58. The molecule has 1 heterocycles. The third kappa shape index (κ3) is 5.00. The largest absolute Gasteiger partial charge is 0.339 e. The Labute approximate surface area is 153 Å². The third-order valence-electron chi connectivity index (χ3n) is 4.62. The average Bonchev–Trinajstić information content (AvgIpc) is 2.96. The molecule has 2 amide bonds. The van der Waals surface area contributed by atoms with E-state index in [-0.39, 0.29) is 30.8 Å². The highest BCUT2D eigenvalue weighted by atomic mass is 19.2. The van der Waals surface area contributed by atoms with Crippen molar-refractivity contribution in [1.82, 2.24) is 14.7 Å². The van der Waals surface area contributed by atoms with Gasteiger partial charge in [-0.15, -0.1) is 0 Å². The molecule has 2 rings (SSSR count). The molecule has 1 atom stereocenters. The molecule has 0 aromatic heterocycles. The molecule has 7 heteroatoms. The number of benzene rings is 1. The van der Waals surface area contributed by atoms with Gasteiger partial charge in [0.1, 0.15) is 0 Å². The summed E-state index contributed by atoms with van der Waals surface area (Å²) < 4.78 is 26.6. The predicted octanol–water partition coefficient (Wildman–Crippen LogP) is 2.11. The van der Waals surface area contributed by atoms with Crippen LogP contribution in [0.1, 0.15) is 25.8 Å². The maximum atomic E-state index is 13.5. The van der Waals surface area contributed by atoms with Crippen molar-refractivity contribution >= 4 is 11.8 Å². The van der Waals surface area contributed by atoms with Gasteiger partial charge in [-0.3, -0.25) is 9.59 Å². The summed E-state index contributed by atoms with van der Waals surface area (Å²) in [5.74, 6) is -2.36. The van der Waals surface area contributed by atoms with Crippen LogP contribution < -0.4 is 0 Å². The molecule has 1 aromatic rings. The fourth-order valence-corrected chi connectivity index (χ4v) is 3.10. The normalized spacial score (nSPS) is 17.5. The predicted molar refractivity (Wildman–Crippen MR) is 95.3 cm³/mol. The molecule has 1 aromatic carbocycles. The van der Waals surface area contributed by atoms with Crippen LogP contribution in [0.3, 0.4) is 0 Å². The first-order valence-corrected chi connectivity index (χ1v) is 8.86. The lowest BCUT2D eigenvalue weighted by molar-refractivity contribution is -0.136. The fraction of sp³-hybridized carbons (Fsp3) is 0.579. The number of carbonyl (C=O) groups is 2. The van der Waals surface area contributed by atoms with E-state index in [0.717, 1.165) is 12.1 Å². The summed E-state index contributed by atoms with van der Waals surface area (Å²) in [6, 6.07) is 3.72. The van der Waals surface area contributed by atoms with Gasteiger partial charge in [-0.05, 0) is 45.6 Å². The summed E-state index contributed by atoms with van der Waals surface area (Å²) in [5.41, 5.74) is 0.529. The van der Waals surface area contributed by atoms with Gasteiger partial charge in [0.05, 0.1) is 5.92 Å². The lowest BCUT2D eigenvalue weighted by atomic mass is 10.1. The summed E-state index contributed by atoms with van der Waals surface area (Å²) in [5, 5.41) is 0. The van der Waals surface area contributed by atoms with E-state index in [1.165, 1.54) is 6.07 Å². The first kappa shape index (κ1) is 20.3. The summed E-state index contributed by atoms with van der Waals surface area (Å²) in [4.78, 5) is 30.4. The van der Waals surface area contributed by atoms with Crippen LogP contribution in [-0.2, 0) is 16.1 Å². The number of hydrogen-bond acceptors (Lipinski definition) is 3. The highest BCUT2D eigenvalue weighted by Crippen LogP contribution is 2.23. The molecule has 0 N–H and O–H groups in total. The van der Waals surface area contributed by atoms with E-state index in [9.17, 15) is 18.4 Å². The summed E-state index contributed by atoms with van der Waals surface area (Å²) in [6.45, 7) is 5.55. The Bertz CT molecular complexity index is 664. The zero-order valence-corrected chi connectivity index (χ0v) is 15.8. The van der Waals surface area contributed by atoms with Gasteiger partial charge in [-0.1, -0.05) is 6.07 Å². The molecule has 5 nitrogen and oxygen atoms in total. The lowest BCUT2D eigenvalue weighted by Gasteiger charge is -2.27. The van der Waals surface area contributed by atoms with E-state index in [0.29, 0.717) is 25.2 Å². The summed E-state index contributed by atoms with van der Waals surface area (Å²) in [6.07, 6.45) is 0.202. The standard InChI is InChI=1S/C19H27F2N3O2/c1-13(2)24-12-15(10-18(24)25)19(26)23(8-7-22(3)4)11-14-5-6-16(20)17(21)9-14/h5-6,9,13,15H,7-8,10-12H2,1-4H3. The summed E-state index contributed by atoms with van der Waals surface area (Å²) in [7, 11) is 3.81. The number of hydrogen-bond donors (Lipinski definition) is 0. The van der Waals surface area contributed by atoms with Crippen LogP contribution in [-0.4, -0.2) is 66.3 Å². The Hall–Kier alpha value is -2.02. The second-order valence-electron chi connectivity index (χ2n) is 7.35. The van der Waals surface area contributed by atoms with Gasteiger partial charge < -0.3 is 14.7 Å². The van der Waals surface area contributed by atoms with Crippen LogP contribution in [0.25, 0.3) is 0 Å². The maximum Gasteiger partial charge on any atom is 0.228 e. The van der Waals surface area contributed by atoms with Crippen molar-refractivity contribution in [2.75, 3.05) is 33.7 Å². The van der Waals surface area contributed by atoms with Crippen LogP contribution in [0.15, 0.2) is 18.2 Å². The van der Waals surface area contributed by atoms with Crippen molar-refractivity contribution < 1.29 is 18.4 Å². The number of likely N-dealkylation sites (N-methyl/N-ethyl adjacent to an activating group) is 1. The topological polar surface area (TPSA) is 43.9 Å². The molecule has 0 saturated carbocycles. The second-order valence-corrected chi connectivity index (χ2v) is 7.35. The van der Waals surface area contributed by atoms with E-state index in [2.05, 4.69) is 0 Å². The molecule has 26 heavy (non-hydrogen) atoms. The van der Waals surface area contributed by atoms with Gasteiger partial charge in [-0.2, -0.15) is 0 Å². The number of amides is 2. The highest BCUT2D eigenvalue weighted by Gasteiger charge is 2.37. The van der Waals surface area contributed by atoms with E-state index in [1.807, 2.05) is 32.8 Å². The number of likely N-dealkylation sites (tertiary alicyclic amines) is 1. The molecule has 1 fully saturated rings. The minimum atomic E-state index is -0.926. The molecule has 144 valence electrons. The average molecular weight is 367 g/mol. The van der Waals surface area contributed by atoms with Crippen molar-refractivity contribution in [1.29, 1.82) is 0 Å². The zero-order chi connectivity index (χ0) is 19.4. The van der Waals surface area contributed by atoms with Crippen LogP contribution >= 0.6 is 0 Å². The third-order valence-corrected chi connectivity index (χ3v) is 4.62. The van der Waals surface area contributed by atoms with Crippen LogP contribution in [0.5, 0.6) is 0 Å². The van der Waals surface area contributed by atoms with Gasteiger partial charge in [0.15, 0.2) is 11.6 Å². The molecule has 0 spiro atoms. The van der Waals surface area contributed by atoms with Crippen molar-refractivity contribution in [3.05, 3.63) is 35.4 Å². The molecule has 0 radical (unpaired) electrons. The Morgan fingerprint density at radius 3 is 2.46 bits per heavy atom. The van der Waals surface area contributed by atoms with Crippen molar-refractivity contribution in [2.45, 2.75) is 32.9 Å². The molecule has 1 unspecified atom stereocenters. The van der Waals surface area contributed by atoms with Crippen molar-refractivity contribution in [2.24, 2.45) is 5.92 Å². The fourth-order valence-electron chi connectivity index (χ4n) is 3.10. The lowest BCUT2D eigenvalue weighted by Crippen LogP contribution is -2.41. The molecule has 0 aliphatic carbocycles. The first-order valence-electron chi connectivity index (χ1n) is 8.86. The minimum Gasteiger partial charge on any atom is -0.339 e. The van der Waals surface area contributed by atoms with E-state index < -0.39 is 17.6 Å². The van der Waals surface area contributed by atoms with E-state index in [1.54, 1.807) is 9.80 Å². The van der Waals surface area contributed by atoms with Crippen molar-refractivity contribution in [3.63, 3.8) is 0 Å². The van der Waals surface area contributed by atoms with Crippen LogP contribution in [0.4, 0.5) is 8.78 Å². The summed E-state index contributed by atoms with van der Waals surface area (Å²) >= 11 is 0. The van der Waals surface area contributed by atoms with Gasteiger partial charge in [0.2, 0.25) is 11.8 Å². The van der Waals surface area contributed by atoms with Crippen LogP contribution in [0.2, 0.25) is 0 Å². The smallest absolute Gasteiger partial charge is 0.228 e. The molecule has 0 bridgehead atoms. The molecule has 1 saturated heterocycles. The van der Waals surface area contributed by atoms with Gasteiger partial charge in [0.25, 0.3) is 0 Å². The minimum absolute atomic E-state index is 0.0151. The monoisotopic (exact) mass is 367 g/mol. The first-order chi connectivity index (χ1) is 12.2. The van der Waals surface area contributed by atoms with Gasteiger partial charge in [0, 0.05) is 38.6 Å². The Morgan fingerprint density at radius 1 is 1.23 bits per heavy atom. The Balaban J connectivity index is 2.14. The number of nitrogens with zero attached hydrogens (tertiary/aromatic N) is 3. The Kier molecular flexibility index (Phi) is 6.69. The highest BCUT2D eigenvalue weighted by molar-refractivity contribution is 5.89.